The molecule has 5 rings (SSSR count). The maximum atomic E-state index is 13.8. The average molecular weight is 959 g/mol. The number of ether oxygens (including phenoxy) is 5. The van der Waals surface area contributed by atoms with E-state index in [0.717, 1.165) is 56.8 Å². The number of methoxy groups -OCH3 is 1. The molecule has 4 heterocycles. The van der Waals surface area contributed by atoms with Crippen molar-refractivity contribution in [1.82, 2.24) is 44.7 Å². The molecule has 69 heavy (non-hydrogen) atoms. The Kier molecular flexibility index (Phi) is 24.2. The van der Waals surface area contributed by atoms with Gasteiger partial charge in [0.2, 0.25) is 5.82 Å². The number of rotatable bonds is 34. The van der Waals surface area contributed by atoms with E-state index in [0.29, 0.717) is 128 Å². The number of aromatic amines is 1. The van der Waals surface area contributed by atoms with E-state index in [2.05, 4.69) is 48.2 Å². The second-order valence-corrected chi connectivity index (χ2v) is 16.4. The molecule has 4 aromatic rings. The van der Waals surface area contributed by atoms with Crippen LogP contribution in [0.1, 0.15) is 78.4 Å². The standard InChI is InChI=1S/C49H70N10O10/c1-3-26-66-28-30-68-32-33-69-31-29-67-27-23-57(20-10-25-61)18-8-17-56(19-9-24-60)16-7-15-51-48(63)46-54-37-59(55-46)47-44-43(42(65-2)36-53-47)41(35-52-44)45(62)49(64)58-21-13-39(14-22-58)40(34-50)38-11-5-4-6-12-38/h4-6,11-12,35-37,52,60-61H,3,7-10,13-33H2,1-2H3,(H,51,63). The number of pyridine rings is 1. The van der Waals surface area contributed by atoms with Gasteiger partial charge in [-0.3, -0.25) is 14.4 Å². The van der Waals surface area contributed by atoms with Crippen LogP contribution >= 0.6 is 0 Å². The number of amides is 2. The van der Waals surface area contributed by atoms with Crippen LogP contribution in [0.2, 0.25) is 0 Å². The molecule has 20 nitrogen and oxygen atoms in total. The summed E-state index contributed by atoms with van der Waals surface area (Å²) in [4.78, 5) is 58.4. The Bertz CT molecular complexity index is 2230. The van der Waals surface area contributed by atoms with Crippen molar-refractivity contribution in [2.75, 3.05) is 132 Å². The zero-order valence-electron chi connectivity index (χ0n) is 40.2. The van der Waals surface area contributed by atoms with Gasteiger partial charge in [-0.05, 0) is 75.7 Å². The highest BCUT2D eigenvalue weighted by Gasteiger charge is 2.30. The summed E-state index contributed by atoms with van der Waals surface area (Å²) in [5.41, 5.74) is 2.85. The number of aliphatic hydroxyl groups excluding tert-OH is 2. The minimum Gasteiger partial charge on any atom is -0.494 e. The molecule has 1 fully saturated rings. The lowest BCUT2D eigenvalue weighted by Crippen LogP contribution is -2.40. The fraction of sp³-hybridized carbons (Fsp3) is 0.571. The van der Waals surface area contributed by atoms with Crippen molar-refractivity contribution in [2.45, 2.75) is 51.9 Å². The number of ketones is 1. The second kappa shape index (κ2) is 30.8. The summed E-state index contributed by atoms with van der Waals surface area (Å²) in [7, 11) is 1.44. The number of hydrogen-bond donors (Lipinski definition) is 4. The van der Waals surface area contributed by atoms with E-state index in [9.17, 15) is 29.9 Å². The third-order valence-electron chi connectivity index (χ3n) is 11.6. The van der Waals surface area contributed by atoms with Crippen LogP contribution in [0.15, 0.2) is 54.6 Å². The molecule has 0 spiro atoms. The number of benzene rings is 1. The van der Waals surface area contributed by atoms with Crippen LogP contribution in [-0.2, 0) is 23.7 Å². The van der Waals surface area contributed by atoms with Crippen molar-refractivity contribution in [2.24, 2.45) is 0 Å². The zero-order chi connectivity index (χ0) is 49.1. The van der Waals surface area contributed by atoms with E-state index in [-0.39, 0.29) is 36.2 Å². The molecule has 0 unspecified atom stereocenters. The molecular formula is C49H70N10O10. The van der Waals surface area contributed by atoms with Crippen LogP contribution in [-0.4, -0.2) is 199 Å². The summed E-state index contributed by atoms with van der Waals surface area (Å²) in [6.45, 7) is 12.2. The molecule has 3 aromatic heterocycles. The van der Waals surface area contributed by atoms with Gasteiger partial charge in [0.15, 0.2) is 5.82 Å². The highest BCUT2D eigenvalue weighted by Crippen LogP contribution is 2.33. The Balaban J connectivity index is 1.07. The van der Waals surface area contributed by atoms with Crippen molar-refractivity contribution in [3.05, 3.63) is 71.6 Å². The lowest BCUT2D eigenvalue weighted by Gasteiger charge is -2.28. The lowest BCUT2D eigenvalue weighted by atomic mass is 9.93. The number of hydrogen-bond acceptors (Lipinski definition) is 16. The fourth-order valence-corrected chi connectivity index (χ4v) is 7.98. The molecule has 0 atom stereocenters. The maximum absolute atomic E-state index is 13.8. The molecule has 376 valence electrons. The van der Waals surface area contributed by atoms with Crippen LogP contribution < -0.4 is 10.1 Å². The van der Waals surface area contributed by atoms with E-state index < -0.39 is 17.6 Å². The first kappa shape index (κ1) is 54.3. The number of nitrogens with one attached hydrogen (secondary N) is 2. The summed E-state index contributed by atoms with van der Waals surface area (Å²) in [5.74, 6) is -1.41. The summed E-state index contributed by atoms with van der Waals surface area (Å²) in [5, 5.41) is 36.5. The number of Topliss-reactive ketones (excluding diaryl/α,β-unsaturated/α-hetero) is 1. The third-order valence-corrected chi connectivity index (χ3v) is 11.6. The summed E-state index contributed by atoms with van der Waals surface area (Å²) >= 11 is 0. The Hall–Kier alpha value is -5.63. The normalized spacial score (nSPS) is 12.8. The van der Waals surface area contributed by atoms with Crippen LogP contribution in [0.4, 0.5) is 0 Å². The van der Waals surface area contributed by atoms with Crippen LogP contribution in [0, 0.1) is 11.3 Å². The van der Waals surface area contributed by atoms with E-state index in [1.54, 1.807) is 0 Å². The molecule has 1 aromatic carbocycles. The number of H-pyrrole nitrogens is 1. The molecule has 0 bridgehead atoms. The Labute approximate surface area is 404 Å². The molecule has 1 saturated heterocycles. The monoisotopic (exact) mass is 959 g/mol. The summed E-state index contributed by atoms with van der Waals surface area (Å²) in [6, 6.07) is 11.7. The van der Waals surface area contributed by atoms with Gasteiger partial charge in [-0.25, -0.2) is 9.97 Å². The van der Waals surface area contributed by atoms with Crippen molar-refractivity contribution >= 4 is 34.1 Å². The Morgan fingerprint density at radius 1 is 0.812 bits per heavy atom. The van der Waals surface area contributed by atoms with Crippen molar-refractivity contribution in [1.29, 1.82) is 5.26 Å². The minimum atomic E-state index is -0.720. The summed E-state index contributed by atoms with van der Waals surface area (Å²) < 4.78 is 29.2. The smallest absolute Gasteiger partial charge is 0.295 e. The number of piperidine rings is 1. The largest absolute Gasteiger partial charge is 0.494 e. The first-order valence-electron chi connectivity index (χ1n) is 24.1. The number of nitrogens with zero attached hydrogens (tertiary/aromatic N) is 8. The molecule has 0 aliphatic carbocycles. The predicted molar refractivity (Wildman–Crippen MR) is 258 cm³/mol. The fourth-order valence-electron chi connectivity index (χ4n) is 7.98. The third kappa shape index (κ3) is 17.1. The van der Waals surface area contributed by atoms with Gasteiger partial charge in [0.05, 0.1) is 87.7 Å². The zero-order valence-corrected chi connectivity index (χ0v) is 40.2. The topological polar surface area (TPSA) is 243 Å². The minimum absolute atomic E-state index is 0.0743. The van der Waals surface area contributed by atoms with Gasteiger partial charge in [0, 0.05) is 65.3 Å². The molecular weight excluding hydrogens is 889 g/mol. The van der Waals surface area contributed by atoms with Gasteiger partial charge in [0.1, 0.15) is 12.1 Å². The molecule has 0 saturated carbocycles. The van der Waals surface area contributed by atoms with E-state index >= 15 is 0 Å². The quantitative estimate of drug-likeness (QED) is 0.0227. The van der Waals surface area contributed by atoms with Crippen LogP contribution in [0.3, 0.4) is 0 Å². The van der Waals surface area contributed by atoms with E-state index in [1.807, 2.05) is 30.3 Å². The molecule has 2 amide bonds. The van der Waals surface area contributed by atoms with Gasteiger partial charge in [0.25, 0.3) is 17.6 Å². The number of likely N-dealkylation sites (tertiary alicyclic amines) is 1. The number of nitriles is 1. The molecule has 4 N–H and O–H groups in total. The van der Waals surface area contributed by atoms with Gasteiger partial charge in [-0.2, -0.15) is 9.94 Å². The van der Waals surface area contributed by atoms with Gasteiger partial charge in [-0.1, -0.05) is 37.3 Å². The van der Waals surface area contributed by atoms with E-state index in [4.69, 9.17) is 23.7 Å². The summed E-state index contributed by atoms with van der Waals surface area (Å²) in [6.07, 6.45) is 9.01. The lowest BCUT2D eigenvalue weighted by molar-refractivity contribution is -0.126. The Morgan fingerprint density at radius 3 is 2.04 bits per heavy atom. The molecule has 20 heteroatoms. The number of fused-ring (bicyclic) bond motifs is 1. The van der Waals surface area contributed by atoms with Crippen LogP contribution in [0.25, 0.3) is 22.3 Å². The van der Waals surface area contributed by atoms with Crippen LogP contribution in [0.5, 0.6) is 5.75 Å². The van der Waals surface area contributed by atoms with Gasteiger partial charge in [-0.15, -0.1) is 5.10 Å². The van der Waals surface area contributed by atoms with E-state index in [1.165, 1.54) is 35.4 Å². The van der Waals surface area contributed by atoms with Crippen molar-refractivity contribution in [3.63, 3.8) is 0 Å². The predicted octanol–water partition coefficient (Wildman–Crippen LogP) is 3.29. The SMILES string of the molecule is CCCOCCOCCOCCOCCN(CCCO)CCCN(CCCO)CCCNC(=O)c1ncn(-c2ncc(OC)c3c(C(=O)C(=O)N4CCC(=C(C#N)c5ccccc5)CC4)c[nH]c23)n1. The first-order valence-corrected chi connectivity index (χ1v) is 24.1. The first-order chi connectivity index (χ1) is 33.8. The molecule has 1 aliphatic heterocycles. The maximum Gasteiger partial charge on any atom is 0.295 e. The number of aromatic nitrogens is 5. The highest BCUT2D eigenvalue weighted by atomic mass is 16.6. The number of aliphatic hydroxyl groups is 2. The van der Waals surface area contributed by atoms with Gasteiger partial charge >= 0.3 is 0 Å². The molecule has 0 radical (unpaired) electrons. The second-order valence-electron chi connectivity index (χ2n) is 16.4. The average Bonchev–Trinajstić information content (AvgIpc) is 4.06. The molecule has 1 aliphatic rings. The van der Waals surface area contributed by atoms with Gasteiger partial charge < -0.3 is 58.9 Å². The van der Waals surface area contributed by atoms with Crippen molar-refractivity contribution < 1.29 is 48.3 Å². The van der Waals surface area contributed by atoms with Crippen molar-refractivity contribution in [3.8, 4) is 17.6 Å². The number of carbonyl (C=O) groups excluding carboxylic acids is 3. The Morgan fingerprint density at radius 2 is 1.42 bits per heavy atom. The highest BCUT2D eigenvalue weighted by molar-refractivity contribution is 6.45. The number of carbonyl (C=O) groups is 3. The number of allylic oxidation sites excluding steroid dienone is 1.